The van der Waals surface area contributed by atoms with Crippen LogP contribution in [0.25, 0.3) is 0 Å². The van der Waals surface area contributed by atoms with E-state index in [1.807, 2.05) is 19.2 Å². The van der Waals surface area contributed by atoms with Crippen molar-refractivity contribution in [1.29, 1.82) is 0 Å². The van der Waals surface area contributed by atoms with Crippen molar-refractivity contribution in [2.75, 3.05) is 31.2 Å². The molecule has 0 radical (unpaired) electrons. The first kappa shape index (κ1) is 27.8. The molecule has 2 heterocycles. The molecule has 0 saturated carbocycles. The highest BCUT2D eigenvalue weighted by Gasteiger charge is 2.35. The maximum atomic E-state index is 6.02. The summed E-state index contributed by atoms with van der Waals surface area (Å²) in [5.74, 6) is 2.33. The lowest BCUT2D eigenvalue weighted by Crippen LogP contribution is -2.37. The lowest BCUT2D eigenvalue weighted by Gasteiger charge is -2.43. The molecule has 0 N–H and O–H groups in total. The van der Waals surface area contributed by atoms with Gasteiger partial charge in [0.15, 0.2) is 11.5 Å². The number of rotatable bonds is 9. The van der Waals surface area contributed by atoms with Gasteiger partial charge in [-0.2, -0.15) is 0 Å². The Balaban J connectivity index is 1.44. The summed E-state index contributed by atoms with van der Waals surface area (Å²) in [6.07, 6.45) is 5.17. The Bertz CT molecular complexity index is 1450. The molecule has 6 rings (SSSR count). The van der Waals surface area contributed by atoms with Gasteiger partial charge in [-0.15, -0.1) is 0 Å². The lowest BCUT2D eigenvalue weighted by atomic mass is 9.76. The fourth-order valence-corrected chi connectivity index (χ4v) is 7.11. The van der Waals surface area contributed by atoms with Crippen molar-refractivity contribution in [2.45, 2.75) is 44.9 Å². The highest BCUT2D eigenvalue weighted by atomic mass is 127. The first-order valence-electron chi connectivity index (χ1n) is 14.8. The summed E-state index contributed by atoms with van der Waals surface area (Å²) in [5, 5.41) is 0. The molecule has 0 aromatic heterocycles. The minimum Gasteiger partial charge on any atom is -0.490 e. The minimum absolute atomic E-state index is 0.367. The average molecular weight is 657 g/mol. The van der Waals surface area contributed by atoms with Crippen LogP contribution >= 0.6 is 22.6 Å². The largest absolute Gasteiger partial charge is 0.490 e. The molecule has 0 unspecified atom stereocenters. The number of anilines is 1. The van der Waals surface area contributed by atoms with Crippen LogP contribution < -0.4 is 14.4 Å². The normalized spacial score (nSPS) is 17.9. The summed E-state index contributed by atoms with van der Waals surface area (Å²) in [7, 11) is 0. The van der Waals surface area contributed by atoms with Gasteiger partial charge in [0.1, 0.15) is 0 Å². The summed E-state index contributed by atoms with van der Waals surface area (Å²) in [4.78, 5) is 7.70. The third-order valence-electron chi connectivity index (χ3n) is 8.14. The van der Waals surface area contributed by atoms with Crippen molar-refractivity contribution in [3.8, 4) is 11.5 Å². The van der Waals surface area contributed by atoms with Crippen molar-refractivity contribution in [2.24, 2.45) is 4.99 Å². The van der Waals surface area contributed by atoms with Crippen LogP contribution in [0.3, 0.4) is 0 Å². The van der Waals surface area contributed by atoms with Crippen LogP contribution in [0.5, 0.6) is 11.5 Å². The van der Waals surface area contributed by atoms with Gasteiger partial charge in [0.25, 0.3) is 0 Å². The van der Waals surface area contributed by atoms with Gasteiger partial charge in [-0.25, -0.2) is 0 Å². The number of aliphatic imine (C=N–C) groups is 1. The highest BCUT2D eigenvalue weighted by molar-refractivity contribution is 14.1. The molecular formula is C36H37IN2O2. The third-order valence-corrected chi connectivity index (χ3v) is 8.95. The van der Waals surface area contributed by atoms with Crippen LogP contribution in [-0.4, -0.2) is 32.5 Å². The zero-order chi connectivity index (χ0) is 28.2. The minimum atomic E-state index is 0.367. The molecular weight excluding hydrogens is 619 g/mol. The van der Waals surface area contributed by atoms with Gasteiger partial charge in [-0.3, -0.25) is 4.99 Å². The molecule has 0 fully saturated rings. The van der Waals surface area contributed by atoms with Crippen molar-refractivity contribution in [1.82, 2.24) is 0 Å². The van der Waals surface area contributed by atoms with E-state index in [1.165, 1.54) is 27.9 Å². The van der Waals surface area contributed by atoms with Crippen molar-refractivity contribution >= 4 is 40.2 Å². The van der Waals surface area contributed by atoms with E-state index >= 15 is 0 Å². The van der Waals surface area contributed by atoms with E-state index in [2.05, 4.69) is 113 Å². The van der Waals surface area contributed by atoms with Crippen LogP contribution in [0, 0.1) is 3.57 Å². The molecule has 0 bridgehead atoms. The molecule has 2 aliphatic heterocycles. The van der Waals surface area contributed by atoms with E-state index in [1.54, 1.807) is 0 Å². The standard InChI is InChI=1S/C36H37IN2O2/c1-3-19-41-36-33(37)20-25(21-34(36)40-4-2)24-38-28-22-31-29(26-11-7-5-8-12-26)15-17-39-18-16-30(32(23-28)35(31)39)27-13-9-6-10-14-27/h5-14,20-24,29-30H,3-4,15-19H2,1-2H3/t29-,30-/m0/s1. The second-order valence-electron chi connectivity index (χ2n) is 10.8. The van der Waals surface area contributed by atoms with E-state index in [4.69, 9.17) is 14.5 Å². The first-order chi connectivity index (χ1) is 20.2. The van der Waals surface area contributed by atoms with Gasteiger partial charge in [0.05, 0.1) is 22.5 Å². The van der Waals surface area contributed by atoms with E-state index < -0.39 is 0 Å². The van der Waals surface area contributed by atoms with Crippen LogP contribution in [0.15, 0.2) is 89.9 Å². The third kappa shape index (κ3) is 5.87. The van der Waals surface area contributed by atoms with Gasteiger partial charge in [-0.1, -0.05) is 67.6 Å². The van der Waals surface area contributed by atoms with E-state index in [0.29, 0.717) is 25.0 Å². The summed E-state index contributed by atoms with van der Waals surface area (Å²) in [6, 6.07) is 30.8. The second-order valence-corrected chi connectivity index (χ2v) is 12.0. The number of hydrogen-bond donors (Lipinski definition) is 0. The molecule has 0 saturated heterocycles. The predicted octanol–water partition coefficient (Wildman–Crippen LogP) is 9.11. The molecule has 4 aromatic rings. The van der Waals surface area contributed by atoms with Crippen LogP contribution in [-0.2, 0) is 0 Å². The number of hydrogen-bond acceptors (Lipinski definition) is 4. The monoisotopic (exact) mass is 656 g/mol. The second kappa shape index (κ2) is 12.7. The zero-order valence-corrected chi connectivity index (χ0v) is 26.0. The fraction of sp³-hybridized carbons (Fsp3) is 0.306. The average Bonchev–Trinajstić information content (AvgIpc) is 3.01. The summed E-state index contributed by atoms with van der Waals surface area (Å²) in [5.41, 5.74) is 9.01. The first-order valence-corrected chi connectivity index (χ1v) is 15.9. The number of ether oxygens (including phenoxy) is 2. The Morgan fingerprint density at radius 2 is 1.44 bits per heavy atom. The highest BCUT2D eigenvalue weighted by Crippen LogP contribution is 2.50. The van der Waals surface area contributed by atoms with Gasteiger partial charge >= 0.3 is 0 Å². The van der Waals surface area contributed by atoms with Crippen LogP contribution in [0.2, 0.25) is 0 Å². The molecule has 2 atom stereocenters. The molecule has 41 heavy (non-hydrogen) atoms. The molecule has 4 nitrogen and oxygen atoms in total. The quantitative estimate of drug-likeness (QED) is 0.133. The molecule has 0 aliphatic carbocycles. The van der Waals surface area contributed by atoms with Crippen LogP contribution in [0.1, 0.15) is 72.8 Å². The summed E-state index contributed by atoms with van der Waals surface area (Å²) >= 11 is 2.34. The SMILES string of the molecule is CCCOc1c(I)cc(C=Nc2cc3c4c(c2)[C@H](c2ccccc2)CCN4CC[C@H]3c2ccccc2)cc1OCC. The Morgan fingerprint density at radius 3 is 2.00 bits per heavy atom. The predicted molar refractivity (Wildman–Crippen MR) is 178 cm³/mol. The zero-order valence-electron chi connectivity index (χ0n) is 23.9. The molecule has 0 spiro atoms. The molecule has 5 heteroatoms. The van der Waals surface area contributed by atoms with Crippen molar-refractivity contribution in [3.05, 3.63) is 116 Å². The van der Waals surface area contributed by atoms with Gasteiger partial charge < -0.3 is 14.4 Å². The number of halogens is 1. The van der Waals surface area contributed by atoms with Crippen molar-refractivity contribution in [3.63, 3.8) is 0 Å². The summed E-state index contributed by atoms with van der Waals surface area (Å²) < 4.78 is 13.0. The van der Waals surface area contributed by atoms with Gasteiger partial charge in [-0.05, 0) is 101 Å². The molecule has 2 aliphatic rings. The van der Waals surface area contributed by atoms with E-state index in [9.17, 15) is 0 Å². The Labute approximate surface area is 257 Å². The lowest BCUT2D eigenvalue weighted by molar-refractivity contribution is 0.275. The Kier molecular flexibility index (Phi) is 8.61. The molecule has 0 amide bonds. The van der Waals surface area contributed by atoms with E-state index in [0.717, 1.165) is 58.7 Å². The van der Waals surface area contributed by atoms with Gasteiger partial charge in [0.2, 0.25) is 0 Å². The van der Waals surface area contributed by atoms with Crippen molar-refractivity contribution < 1.29 is 9.47 Å². The van der Waals surface area contributed by atoms with Gasteiger partial charge in [0, 0.05) is 36.8 Å². The molecule has 210 valence electrons. The Hall–Kier alpha value is -3.32. The van der Waals surface area contributed by atoms with Crippen LogP contribution in [0.4, 0.5) is 11.4 Å². The summed E-state index contributed by atoms with van der Waals surface area (Å²) in [6.45, 7) is 7.56. The number of benzene rings is 4. The maximum Gasteiger partial charge on any atom is 0.174 e. The molecule has 4 aromatic carbocycles. The topological polar surface area (TPSA) is 34.1 Å². The smallest absolute Gasteiger partial charge is 0.174 e. The Morgan fingerprint density at radius 1 is 0.829 bits per heavy atom. The number of nitrogens with zero attached hydrogens (tertiary/aromatic N) is 2. The maximum absolute atomic E-state index is 6.02. The fourth-order valence-electron chi connectivity index (χ4n) is 6.33. The van der Waals surface area contributed by atoms with E-state index in [-0.39, 0.29) is 0 Å².